The van der Waals surface area contributed by atoms with E-state index in [2.05, 4.69) is 31.2 Å². The van der Waals surface area contributed by atoms with Gasteiger partial charge in [-0.15, -0.1) is 11.8 Å². The number of hydrogen-bond acceptors (Lipinski definition) is 6. The second kappa shape index (κ2) is 5.67. The van der Waals surface area contributed by atoms with Gasteiger partial charge >= 0.3 is 0 Å². The van der Waals surface area contributed by atoms with E-state index in [1.54, 1.807) is 0 Å². The average Bonchev–Trinajstić information content (AvgIpc) is 2.38. The Labute approximate surface area is 117 Å². The minimum Gasteiger partial charge on any atom is -0.308 e. The summed E-state index contributed by atoms with van der Waals surface area (Å²) in [5, 5.41) is 0.387. The van der Waals surface area contributed by atoms with Crippen LogP contribution in [0.1, 0.15) is 37.5 Å². The number of aromatic nitrogens is 2. The van der Waals surface area contributed by atoms with Gasteiger partial charge in [0.05, 0.1) is 10.9 Å². The van der Waals surface area contributed by atoms with Crippen LogP contribution in [0.3, 0.4) is 0 Å². The summed E-state index contributed by atoms with van der Waals surface area (Å²) in [5.74, 6) is 10.6. The lowest BCUT2D eigenvalue weighted by Gasteiger charge is -2.23. The van der Waals surface area contributed by atoms with Crippen molar-refractivity contribution in [3.8, 4) is 0 Å². The quantitative estimate of drug-likeness (QED) is 0.643. The summed E-state index contributed by atoms with van der Waals surface area (Å²) >= 11 is 3.91. The van der Waals surface area contributed by atoms with E-state index in [-0.39, 0.29) is 5.41 Å². The van der Waals surface area contributed by atoms with E-state index >= 15 is 0 Å². The average molecular weight is 284 g/mol. The summed E-state index contributed by atoms with van der Waals surface area (Å²) < 4.78 is 0. The molecular weight excluding hydrogens is 264 g/mol. The molecule has 0 aliphatic carbocycles. The molecule has 18 heavy (non-hydrogen) atoms. The minimum atomic E-state index is 0.00969. The van der Waals surface area contributed by atoms with Crippen molar-refractivity contribution < 1.29 is 0 Å². The third-order valence-corrected chi connectivity index (χ3v) is 5.51. The number of hydrogen-bond donors (Lipinski definition) is 2. The van der Waals surface area contributed by atoms with Crippen molar-refractivity contribution in [3.05, 3.63) is 17.6 Å². The zero-order chi connectivity index (χ0) is 13.2. The van der Waals surface area contributed by atoms with Crippen molar-refractivity contribution in [2.75, 3.05) is 22.7 Å². The van der Waals surface area contributed by atoms with Gasteiger partial charge in [-0.1, -0.05) is 20.8 Å². The molecule has 4 nitrogen and oxygen atoms in total. The SMILES string of the molecule is CC(C)(C)c1cc(NN)nc(C2CSCCS2)n1. The predicted molar refractivity (Wildman–Crippen MR) is 81.1 cm³/mol. The smallest absolute Gasteiger partial charge is 0.144 e. The molecule has 1 unspecified atom stereocenters. The molecule has 0 radical (unpaired) electrons. The normalized spacial score (nSPS) is 20.8. The monoisotopic (exact) mass is 284 g/mol. The van der Waals surface area contributed by atoms with Crippen LogP contribution in [0.5, 0.6) is 0 Å². The van der Waals surface area contributed by atoms with Gasteiger partial charge in [-0.3, -0.25) is 0 Å². The first kappa shape index (κ1) is 14.0. The molecule has 0 bridgehead atoms. The third-order valence-electron chi connectivity index (χ3n) is 2.76. The molecule has 1 aromatic heterocycles. The topological polar surface area (TPSA) is 63.8 Å². The molecule has 1 atom stereocenters. The lowest BCUT2D eigenvalue weighted by atomic mass is 9.92. The predicted octanol–water partition coefficient (Wildman–Crippen LogP) is 2.58. The van der Waals surface area contributed by atoms with Crippen LogP contribution in [-0.4, -0.2) is 27.2 Å². The number of rotatable bonds is 2. The highest BCUT2D eigenvalue weighted by Gasteiger charge is 2.23. The molecule has 3 N–H and O–H groups in total. The molecule has 100 valence electrons. The Morgan fingerprint density at radius 2 is 2.11 bits per heavy atom. The van der Waals surface area contributed by atoms with Gasteiger partial charge in [0, 0.05) is 28.7 Å². The first-order valence-corrected chi connectivity index (χ1v) is 8.26. The lowest BCUT2D eigenvalue weighted by Crippen LogP contribution is -2.20. The largest absolute Gasteiger partial charge is 0.308 e. The zero-order valence-corrected chi connectivity index (χ0v) is 12.7. The molecule has 1 aliphatic heterocycles. The van der Waals surface area contributed by atoms with Gasteiger partial charge < -0.3 is 5.43 Å². The molecule has 1 fully saturated rings. The van der Waals surface area contributed by atoms with Crippen LogP contribution in [0, 0.1) is 0 Å². The van der Waals surface area contributed by atoms with Crippen LogP contribution >= 0.6 is 23.5 Å². The molecule has 1 saturated heterocycles. The molecule has 0 saturated carbocycles. The summed E-state index contributed by atoms with van der Waals surface area (Å²) in [5.41, 5.74) is 3.70. The fraction of sp³-hybridized carbons (Fsp3) is 0.667. The van der Waals surface area contributed by atoms with Crippen molar-refractivity contribution in [1.29, 1.82) is 0 Å². The van der Waals surface area contributed by atoms with E-state index in [1.165, 1.54) is 11.5 Å². The van der Waals surface area contributed by atoms with Crippen molar-refractivity contribution >= 4 is 29.3 Å². The van der Waals surface area contributed by atoms with E-state index in [0.29, 0.717) is 11.1 Å². The van der Waals surface area contributed by atoms with Crippen LogP contribution in [0.25, 0.3) is 0 Å². The summed E-state index contributed by atoms with van der Waals surface area (Å²) in [6, 6.07) is 1.93. The highest BCUT2D eigenvalue weighted by atomic mass is 32.2. The second-order valence-corrected chi connectivity index (χ2v) is 7.79. The van der Waals surface area contributed by atoms with E-state index < -0.39 is 0 Å². The Morgan fingerprint density at radius 3 is 2.67 bits per heavy atom. The first-order chi connectivity index (χ1) is 8.50. The highest BCUT2D eigenvalue weighted by molar-refractivity contribution is 8.06. The Hall–Kier alpha value is -0.460. The highest BCUT2D eigenvalue weighted by Crippen LogP contribution is 2.36. The van der Waals surface area contributed by atoms with E-state index in [4.69, 9.17) is 10.8 Å². The van der Waals surface area contributed by atoms with Gasteiger partial charge in [0.25, 0.3) is 0 Å². The Bertz CT molecular complexity index is 411. The Morgan fingerprint density at radius 1 is 1.33 bits per heavy atom. The fourth-order valence-electron chi connectivity index (χ4n) is 1.70. The third kappa shape index (κ3) is 3.30. The van der Waals surface area contributed by atoms with Crippen molar-refractivity contribution in [2.45, 2.75) is 31.4 Å². The van der Waals surface area contributed by atoms with Crippen LogP contribution in [0.2, 0.25) is 0 Å². The second-order valence-electron chi connectivity index (χ2n) is 5.33. The molecule has 6 heteroatoms. The standard InChI is InChI=1S/C12H20N4S2/c1-12(2,3)9-6-10(16-13)15-11(14-9)8-7-17-4-5-18-8/h6,8H,4-5,7,13H2,1-3H3,(H,14,15,16). The number of hydrazine groups is 1. The maximum absolute atomic E-state index is 5.51. The first-order valence-electron chi connectivity index (χ1n) is 6.06. The van der Waals surface area contributed by atoms with Crippen LogP contribution in [0.4, 0.5) is 5.82 Å². The van der Waals surface area contributed by atoms with Gasteiger partial charge in [-0.05, 0) is 0 Å². The van der Waals surface area contributed by atoms with Gasteiger partial charge in [0.1, 0.15) is 11.6 Å². The number of nitrogens with two attached hydrogens (primary N) is 1. The summed E-state index contributed by atoms with van der Waals surface area (Å²) in [6.45, 7) is 6.46. The van der Waals surface area contributed by atoms with E-state index in [9.17, 15) is 0 Å². The Balaban J connectivity index is 2.34. The lowest BCUT2D eigenvalue weighted by molar-refractivity contribution is 0.562. The summed E-state index contributed by atoms with van der Waals surface area (Å²) in [4.78, 5) is 9.24. The van der Waals surface area contributed by atoms with E-state index in [0.717, 1.165) is 17.3 Å². The van der Waals surface area contributed by atoms with Gasteiger partial charge in [0.15, 0.2) is 0 Å². The van der Waals surface area contributed by atoms with Crippen LogP contribution in [0.15, 0.2) is 6.07 Å². The molecule has 2 rings (SSSR count). The Kier molecular flexibility index (Phi) is 4.40. The van der Waals surface area contributed by atoms with Crippen LogP contribution < -0.4 is 11.3 Å². The fourth-order valence-corrected chi connectivity index (χ4v) is 4.30. The zero-order valence-electron chi connectivity index (χ0n) is 11.1. The van der Waals surface area contributed by atoms with Crippen molar-refractivity contribution in [2.24, 2.45) is 5.84 Å². The van der Waals surface area contributed by atoms with E-state index in [1.807, 2.05) is 29.6 Å². The van der Waals surface area contributed by atoms with Crippen molar-refractivity contribution in [1.82, 2.24) is 9.97 Å². The number of anilines is 1. The van der Waals surface area contributed by atoms with Gasteiger partial charge in [-0.25, -0.2) is 15.8 Å². The molecule has 1 aromatic rings. The van der Waals surface area contributed by atoms with Crippen LogP contribution in [-0.2, 0) is 5.41 Å². The molecule has 0 aromatic carbocycles. The minimum absolute atomic E-state index is 0.00969. The molecule has 0 amide bonds. The molecule has 1 aliphatic rings. The van der Waals surface area contributed by atoms with Gasteiger partial charge in [0.2, 0.25) is 0 Å². The maximum atomic E-state index is 5.51. The van der Waals surface area contributed by atoms with Gasteiger partial charge in [-0.2, -0.15) is 11.8 Å². The molecule has 0 spiro atoms. The summed E-state index contributed by atoms with van der Waals surface area (Å²) in [6.07, 6.45) is 0. The number of nitrogens with one attached hydrogen (secondary N) is 1. The number of nitrogen functional groups attached to an aromatic ring is 1. The summed E-state index contributed by atoms with van der Waals surface area (Å²) in [7, 11) is 0. The molecular formula is C12H20N4S2. The number of thioether (sulfide) groups is 2. The molecule has 2 heterocycles. The number of nitrogens with zero attached hydrogens (tertiary/aromatic N) is 2. The maximum Gasteiger partial charge on any atom is 0.144 e. The van der Waals surface area contributed by atoms with Crippen molar-refractivity contribution in [3.63, 3.8) is 0 Å².